The topological polar surface area (TPSA) is 81.1 Å². The van der Waals surface area contributed by atoms with Gasteiger partial charge in [0.25, 0.3) is 0 Å². The lowest BCUT2D eigenvalue weighted by molar-refractivity contribution is -0.116. The maximum atomic E-state index is 12.0. The Hall–Kier alpha value is -2.23. The molecule has 4 nitrogen and oxygen atoms in total. The van der Waals surface area contributed by atoms with E-state index in [9.17, 15) is 4.79 Å². The summed E-state index contributed by atoms with van der Waals surface area (Å²) in [6.45, 7) is 1.99. The Bertz CT molecular complexity index is 586. The van der Waals surface area contributed by atoms with Gasteiger partial charge in [0, 0.05) is 23.4 Å². The van der Waals surface area contributed by atoms with Crippen LogP contribution in [0.1, 0.15) is 43.2 Å². The highest BCUT2D eigenvalue weighted by Crippen LogP contribution is 2.30. The first kappa shape index (κ1) is 16.1. The molecule has 0 bridgehead atoms. The maximum absolute atomic E-state index is 12.0. The minimum absolute atomic E-state index is 0.0751. The molecule has 1 aliphatic rings. The van der Waals surface area contributed by atoms with E-state index in [0.29, 0.717) is 12.1 Å². The number of rotatable bonds is 6. The van der Waals surface area contributed by atoms with E-state index in [-0.39, 0.29) is 5.91 Å². The van der Waals surface area contributed by atoms with E-state index in [4.69, 9.17) is 11.5 Å². The second-order valence-electron chi connectivity index (χ2n) is 5.92. The highest BCUT2D eigenvalue weighted by molar-refractivity contribution is 5.91. The van der Waals surface area contributed by atoms with Gasteiger partial charge in [0.05, 0.1) is 0 Å². The van der Waals surface area contributed by atoms with Crippen molar-refractivity contribution < 1.29 is 4.79 Å². The molecule has 0 spiro atoms. The Morgan fingerprint density at radius 2 is 2.18 bits per heavy atom. The molecule has 5 N–H and O–H groups in total. The van der Waals surface area contributed by atoms with Crippen LogP contribution in [-0.2, 0) is 4.79 Å². The average molecular weight is 299 g/mol. The molecule has 0 aliphatic heterocycles. The van der Waals surface area contributed by atoms with Gasteiger partial charge in [-0.15, -0.1) is 0 Å². The normalized spacial score (nSPS) is 15.8. The Morgan fingerprint density at radius 1 is 1.41 bits per heavy atom. The second-order valence-corrected chi connectivity index (χ2v) is 5.92. The van der Waals surface area contributed by atoms with Gasteiger partial charge in [0.15, 0.2) is 0 Å². The van der Waals surface area contributed by atoms with Crippen LogP contribution in [0.2, 0.25) is 0 Å². The van der Waals surface area contributed by atoms with Crippen LogP contribution in [0.5, 0.6) is 0 Å². The quantitative estimate of drug-likeness (QED) is 0.705. The van der Waals surface area contributed by atoms with E-state index in [1.807, 2.05) is 25.1 Å². The molecule has 4 heteroatoms. The van der Waals surface area contributed by atoms with Crippen molar-refractivity contribution in [3.05, 3.63) is 47.7 Å². The van der Waals surface area contributed by atoms with Gasteiger partial charge in [-0.25, -0.2) is 0 Å². The first-order valence-electron chi connectivity index (χ1n) is 7.85. The zero-order valence-corrected chi connectivity index (χ0v) is 13.1. The smallest absolute Gasteiger partial charge is 0.224 e. The molecule has 0 atom stereocenters. The molecule has 0 unspecified atom stereocenters. The first-order chi connectivity index (χ1) is 10.6. The van der Waals surface area contributed by atoms with Crippen LogP contribution in [0.25, 0.3) is 5.70 Å². The number of nitrogens with two attached hydrogens (primary N) is 2. The van der Waals surface area contributed by atoms with Gasteiger partial charge in [-0.1, -0.05) is 25.3 Å². The zero-order chi connectivity index (χ0) is 15.9. The Labute approximate surface area is 132 Å². The highest BCUT2D eigenvalue weighted by atomic mass is 16.1. The van der Waals surface area contributed by atoms with Crippen LogP contribution in [0.15, 0.2) is 36.6 Å². The van der Waals surface area contributed by atoms with Crippen LogP contribution < -0.4 is 16.8 Å². The molecule has 2 rings (SSSR count). The summed E-state index contributed by atoms with van der Waals surface area (Å²) in [7, 11) is 0. The number of hydrogen-bond donors (Lipinski definition) is 3. The third kappa shape index (κ3) is 4.38. The molecule has 0 radical (unpaired) electrons. The van der Waals surface area contributed by atoms with Gasteiger partial charge in [-0.3, -0.25) is 4.79 Å². The van der Waals surface area contributed by atoms with Crippen molar-refractivity contribution in [3.63, 3.8) is 0 Å². The molecular weight excluding hydrogens is 274 g/mol. The third-order valence-corrected chi connectivity index (χ3v) is 4.22. The molecule has 1 fully saturated rings. The summed E-state index contributed by atoms with van der Waals surface area (Å²) in [5.74, 6) is 0.826. The van der Waals surface area contributed by atoms with Gasteiger partial charge in [-0.05, 0) is 55.3 Å². The summed E-state index contributed by atoms with van der Waals surface area (Å²) in [4.78, 5) is 12.0. The summed E-state index contributed by atoms with van der Waals surface area (Å²) >= 11 is 0. The predicted molar refractivity (Wildman–Crippen MR) is 91.9 cm³/mol. The molecule has 1 saturated carbocycles. The number of carbonyl (C=O) groups is 1. The molecule has 1 aromatic carbocycles. The van der Waals surface area contributed by atoms with Crippen LogP contribution >= 0.6 is 0 Å². The van der Waals surface area contributed by atoms with Gasteiger partial charge in [0.2, 0.25) is 5.91 Å². The van der Waals surface area contributed by atoms with E-state index in [1.54, 1.807) is 12.2 Å². The molecule has 1 aromatic rings. The van der Waals surface area contributed by atoms with Gasteiger partial charge >= 0.3 is 0 Å². The largest absolute Gasteiger partial charge is 0.405 e. The van der Waals surface area contributed by atoms with Gasteiger partial charge in [-0.2, -0.15) is 0 Å². The highest BCUT2D eigenvalue weighted by Gasteiger charge is 2.18. The lowest BCUT2D eigenvalue weighted by Gasteiger charge is -2.24. The number of anilines is 1. The monoisotopic (exact) mass is 299 g/mol. The lowest BCUT2D eigenvalue weighted by atomic mass is 9.82. The fourth-order valence-electron chi connectivity index (χ4n) is 2.60. The van der Waals surface area contributed by atoms with Crippen molar-refractivity contribution in [2.24, 2.45) is 17.4 Å². The van der Waals surface area contributed by atoms with Gasteiger partial charge < -0.3 is 16.8 Å². The fraction of sp³-hybridized carbons (Fsp3) is 0.389. The summed E-state index contributed by atoms with van der Waals surface area (Å²) in [5.41, 5.74) is 14.8. The van der Waals surface area contributed by atoms with Crippen molar-refractivity contribution >= 4 is 17.3 Å². The number of allylic oxidation sites excluding steroid dienone is 2. The van der Waals surface area contributed by atoms with E-state index < -0.39 is 0 Å². The standard InChI is InChI=1S/C18H25N3O/c1-13-7-9-15(12-16(13)17(20)6-3-11-19)21-18(22)10-8-14-4-2-5-14/h3,6-7,9,11-12,14H,2,4-5,8,10,19-20H2,1H3,(H,21,22)/b11-3-,17-6-. The first-order valence-corrected chi connectivity index (χ1v) is 7.85. The SMILES string of the molecule is Cc1ccc(NC(=O)CCC2CCC2)cc1/C(N)=C/C=C\N. The number of benzene rings is 1. The van der Waals surface area contributed by atoms with Crippen molar-refractivity contribution in [1.82, 2.24) is 0 Å². The fourth-order valence-corrected chi connectivity index (χ4v) is 2.60. The van der Waals surface area contributed by atoms with Crippen LogP contribution in [-0.4, -0.2) is 5.91 Å². The van der Waals surface area contributed by atoms with Crippen LogP contribution in [0.3, 0.4) is 0 Å². The number of nitrogens with one attached hydrogen (secondary N) is 1. The Kier molecular flexibility index (Phi) is 5.64. The van der Waals surface area contributed by atoms with Crippen molar-refractivity contribution in [2.45, 2.75) is 39.0 Å². The minimum Gasteiger partial charge on any atom is -0.405 e. The Morgan fingerprint density at radius 3 is 2.82 bits per heavy atom. The second kappa shape index (κ2) is 7.69. The van der Waals surface area contributed by atoms with E-state index in [1.165, 1.54) is 25.5 Å². The van der Waals surface area contributed by atoms with Gasteiger partial charge in [0.1, 0.15) is 0 Å². The molecule has 0 aromatic heterocycles. The van der Waals surface area contributed by atoms with Crippen molar-refractivity contribution in [3.8, 4) is 0 Å². The Balaban J connectivity index is 2.00. The molecule has 118 valence electrons. The number of hydrogen-bond acceptors (Lipinski definition) is 3. The molecule has 1 aliphatic carbocycles. The summed E-state index contributed by atoms with van der Waals surface area (Å²) in [5, 5.41) is 2.96. The number of amides is 1. The lowest BCUT2D eigenvalue weighted by Crippen LogP contribution is -2.17. The van der Waals surface area contributed by atoms with Crippen LogP contribution in [0.4, 0.5) is 5.69 Å². The molecular formula is C18H25N3O. The van der Waals surface area contributed by atoms with Crippen molar-refractivity contribution in [1.29, 1.82) is 0 Å². The zero-order valence-electron chi connectivity index (χ0n) is 13.1. The van der Waals surface area contributed by atoms with E-state index >= 15 is 0 Å². The molecule has 1 amide bonds. The molecule has 22 heavy (non-hydrogen) atoms. The predicted octanol–water partition coefficient (Wildman–Crippen LogP) is 3.29. The maximum Gasteiger partial charge on any atom is 0.224 e. The molecule has 0 heterocycles. The number of aryl methyl sites for hydroxylation is 1. The molecule has 0 saturated heterocycles. The van der Waals surface area contributed by atoms with Crippen molar-refractivity contribution in [2.75, 3.05) is 5.32 Å². The van der Waals surface area contributed by atoms with Crippen LogP contribution in [0, 0.1) is 12.8 Å². The van der Waals surface area contributed by atoms with E-state index in [2.05, 4.69) is 5.32 Å². The third-order valence-electron chi connectivity index (χ3n) is 4.22. The minimum atomic E-state index is 0.0751. The average Bonchev–Trinajstić information content (AvgIpc) is 2.45. The summed E-state index contributed by atoms with van der Waals surface area (Å²) in [6, 6.07) is 5.78. The summed E-state index contributed by atoms with van der Waals surface area (Å²) < 4.78 is 0. The van der Waals surface area contributed by atoms with E-state index in [0.717, 1.165) is 29.2 Å². The number of carbonyl (C=O) groups excluding carboxylic acids is 1. The summed E-state index contributed by atoms with van der Waals surface area (Å²) in [6.07, 6.45) is 10.3.